The van der Waals surface area contributed by atoms with Crippen LogP contribution in [-0.2, 0) is 0 Å². The summed E-state index contributed by atoms with van der Waals surface area (Å²) in [6.07, 6.45) is 3.04. The second kappa shape index (κ2) is 5.31. The highest BCUT2D eigenvalue weighted by molar-refractivity contribution is 7.17. The van der Waals surface area contributed by atoms with Crippen LogP contribution in [0.2, 0.25) is 0 Å². The highest BCUT2D eigenvalue weighted by Crippen LogP contribution is 2.28. The van der Waals surface area contributed by atoms with Gasteiger partial charge in [-0.1, -0.05) is 18.2 Å². The number of hydrogen-bond acceptors (Lipinski definition) is 3. The summed E-state index contributed by atoms with van der Waals surface area (Å²) < 4.78 is 1.14. The third-order valence-electron chi connectivity index (χ3n) is 3.81. The van der Waals surface area contributed by atoms with Gasteiger partial charge in [0.2, 0.25) is 0 Å². The van der Waals surface area contributed by atoms with Crippen molar-refractivity contribution < 1.29 is 9.90 Å². The number of benzene rings is 1. The monoisotopic (exact) mass is 275 g/mol. The van der Waals surface area contributed by atoms with Crippen LogP contribution in [0.1, 0.15) is 29.6 Å². The lowest BCUT2D eigenvalue weighted by molar-refractivity contribution is 0.0505. The van der Waals surface area contributed by atoms with Gasteiger partial charge in [0.15, 0.2) is 0 Å². The third-order valence-corrected chi connectivity index (χ3v) is 4.77. The molecule has 1 aliphatic heterocycles. The van der Waals surface area contributed by atoms with Crippen LogP contribution in [-0.4, -0.2) is 35.1 Å². The molecule has 0 radical (unpaired) electrons. The van der Waals surface area contributed by atoms with Gasteiger partial charge in [0.05, 0.1) is 18.2 Å². The average molecular weight is 275 g/mol. The van der Waals surface area contributed by atoms with Crippen LogP contribution < -0.4 is 0 Å². The number of fused-ring (bicyclic) bond motifs is 1. The summed E-state index contributed by atoms with van der Waals surface area (Å²) in [7, 11) is 0. The van der Waals surface area contributed by atoms with Gasteiger partial charge >= 0.3 is 0 Å². The summed E-state index contributed by atoms with van der Waals surface area (Å²) in [5, 5.41) is 12.4. The van der Waals surface area contributed by atoms with Gasteiger partial charge in [-0.3, -0.25) is 4.79 Å². The molecule has 1 saturated heterocycles. The Labute approximate surface area is 116 Å². The lowest BCUT2D eigenvalue weighted by Gasteiger charge is -2.34. The zero-order chi connectivity index (χ0) is 13.2. The minimum Gasteiger partial charge on any atom is -0.394 e. The van der Waals surface area contributed by atoms with Crippen LogP contribution in [0.3, 0.4) is 0 Å². The van der Waals surface area contributed by atoms with E-state index < -0.39 is 0 Å². The molecule has 100 valence electrons. The normalized spacial score (nSPS) is 19.8. The lowest BCUT2D eigenvalue weighted by atomic mass is 10.0. The predicted octanol–water partition coefficient (Wildman–Crippen LogP) is 2.89. The number of hydrogen-bond donors (Lipinski definition) is 1. The number of thiophene rings is 1. The Balaban J connectivity index is 1.94. The van der Waals surface area contributed by atoms with Crippen LogP contribution in [0.4, 0.5) is 0 Å². The fraction of sp³-hybridized carbons (Fsp3) is 0.400. The van der Waals surface area contributed by atoms with Gasteiger partial charge in [0.1, 0.15) is 0 Å². The number of aliphatic hydroxyl groups excluding tert-OH is 1. The topological polar surface area (TPSA) is 40.5 Å². The first-order chi connectivity index (χ1) is 9.31. The molecule has 2 aromatic rings. The van der Waals surface area contributed by atoms with Crippen LogP contribution in [0.15, 0.2) is 29.6 Å². The highest BCUT2D eigenvalue weighted by Gasteiger charge is 2.28. The molecule has 1 fully saturated rings. The molecule has 0 bridgehead atoms. The van der Waals surface area contributed by atoms with Gasteiger partial charge in [-0.25, -0.2) is 0 Å². The van der Waals surface area contributed by atoms with Gasteiger partial charge in [-0.05, 0) is 25.3 Å². The number of rotatable bonds is 2. The zero-order valence-electron chi connectivity index (χ0n) is 10.7. The minimum absolute atomic E-state index is 0.0140. The molecule has 1 aromatic carbocycles. The van der Waals surface area contributed by atoms with E-state index in [1.54, 1.807) is 11.3 Å². The lowest BCUT2D eigenvalue weighted by Crippen LogP contribution is -2.45. The first-order valence-electron chi connectivity index (χ1n) is 6.69. The molecular formula is C15H17NO2S. The molecule has 0 spiro atoms. The SMILES string of the molecule is O=C(c1csc2ccccc12)N1CCCCC1CO. The third kappa shape index (κ3) is 2.26. The number of piperidine rings is 1. The fourth-order valence-electron chi connectivity index (χ4n) is 2.76. The number of aliphatic hydroxyl groups is 1. The molecular weight excluding hydrogens is 258 g/mol. The standard InChI is InChI=1S/C15H17NO2S/c17-9-11-5-3-4-8-16(11)15(18)13-10-19-14-7-2-1-6-12(13)14/h1-2,6-7,10-11,17H,3-5,8-9H2. The number of carbonyl (C=O) groups is 1. The maximum absolute atomic E-state index is 12.7. The summed E-state index contributed by atoms with van der Waals surface area (Å²) in [4.78, 5) is 14.5. The molecule has 3 rings (SSSR count). The molecule has 1 atom stereocenters. The Morgan fingerprint density at radius 1 is 1.37 bits per heavy atom. The van der Waals surface area contributed by atoms with Crippen molar-refractivity contribution in [1.29, 1.82) is 0 Å². The molecule has 4 heteroatoms. The van der Waals surface area contributed by atoms with Crippen LogP contribution in [0.25, 0.3) is 10.1 Å². The van der Waals surface area contributed by atoms with Crippen molar-refractivity contribution in [2.24, 2.45) is 0 Å². The highest BCUT2D eigenvalue weighted by atomic mass is 32.1. The van der Waals surface area contributed by atoms with E-state index in [1.165, 1.54) is 0 Å². The molecule has 1 aliphatic rings. The largest absolute Gasteiger partial charge is 0.394 e. The van der Waals surface area contributed by atoms with E-state index >= 15 is 0 Å². The second-order valence-electron chi connectivity index (χ2n) is 4.98. The summed E-state index contributed by atoms with van der Waals surface area (Å²) >= 11 is 1.61. The minimum atomic E-state index is -0.0140. The van der Waals surface area contributed by atoms with E-state index in [1.807, 2.05) is 34.5 Å². The zero-order valence-corrected chi connectivity index (χ0v) is 11.5. The second-order valence-corrected chi connectivity index (χ2v) is 5.89. The number of carbonyl (C=O) groups excluding carboxylic acids is 1. The van der Waals surface area contributed by atoms with Crippen LogP contribution in [0, 0.1) is 0 Å². The maximum Gasteiger partial charge on any atom is 0.255 e. The molecule has 3 nitrogen and oxygen atoms in total. The Morgan fingerprint density at radius 2 is 2.21 bits per heavy atom. The molecule has 1 N–H and O–H groups in total. The van der Waals surface area contributed by atoms with Crippen molar-refractivity contribution in [2.45, 2.75) is 25.3 Å². The van der Waals surface area contributed by atoms with Gasteiger partial charge in [-0.15, -0.1) is 11.3 Å². The summed E-state index contributed by atoms with van der Waals surface area (Å²) in [5.74, 6) is 0.0659. The Kier molecular flexibility index (Phi) is 3.53. The summed E-state index contributed by atoms with van der Waals surface area (Å²) in [6.45, 7) is 0.821. The van der Waals surface area contributed by atoms with Crippen LogP contribution in [0.5, 0.6) is 0 Å². The van der Waals surface area contributed by atoms with Crippen molar-refractivity contribution in [1.82, 2.24) is 4.90 Å². The van der Waals surface area contributed by atoms with E-state index in [9.17, 15) is 9.90 Å². The molecule has 2 heterocycles. The van der Waals surface area contributed by atoms with E-state index in [0.717, 1.165) is 41.5 Å². The van der Waals surface area contributed by atoms with Crippen molar-refractivity contribution in [2.75, 3.05) is 13.2 Å². The molecule has 1 unspecified atom stereocenters. The first-order valence-corrected chi connectivity index (χ1v) is 7.57. The average Bonchev–Trinajstić information content (AvgIpc) is 2.90. The van der Waals surface area contributed by atoms with Gasteiger partial charge in [0.25, 0.3) is 5.91 Å². The fourth-order valence-corrected chi connectivity index (χ4v) is 3.69. The predicted molar refractivity (Wildman–Crippen MR) is 77.6 cm³/mol. The van der Waals surface area contributed by atoms with Crippen molar-refractivity contribution in [3.63, 3.8) is 0 Å². The Bertz CT molecular complexity index is 593. The molecule has 1 amide bonds. The molecule has 0 saturated carbocycles. The van der Waals surface area contributed by atoms with Crippen molar-refractivity contribution >= 4 is 27.3 Å². The molecule has 0 aliphatic carbocycles. The summed E-state index contributed by atoms with van der Waals surface area (Å²) in [5.41, 5.74) is 0.779. The Hall–Kier alpha value is -1.39. The quantitative estimate of drug-likeness (QED) is 0.915. The smallest absolute Gasteiger partial charge is 0.255 e. The first kappa shape index (κ1) is 12.6. The van der Waals surface area contributed by atoms with Crippen molar-refractivity contribution in [3.8, 4) is 0 Å². The summed E-state index contributed by atoms with van der Waals surface area (Å²) in [6, 6.07) is 7.98. The molecule has 19 heavy (non-hydrogen) atoms. The van der Waals surface area contributed by atoms with Crippen LogP contribution >= 0.6 is 11.3 Å². The van der Waals surface area contributed by atoms with Crippen molar-refractivity contribution in [3.05, 3.63) is 35.2 Å². The van der Waals surface area contributed by atoms with E-state index in [2.05, 4.69) is 0 Å². The van der Waals surface area contributed by atoms with Gasteiger partial charge in [-0.2, -0.15) is 0 Å². The van der Waals surface area contributed by atoms with E-state index in [0.29, 0.717) is 0 Å². The number of amides is 1. The van der Waals surface area contributed by atoms with E-state index in [-0.39, 0.29) is 18.6 Å². The maximum atomic E-state index is 12.7. The van der Waals surface area contributed by atoms with Gasteiger partial charge < -0.3 is 10.0 Å². The number of likely N-dealkylation sites (tertiary alicyclic amines) is 1. The molecule has 1 aromatic heterocycles. The number of nitrogens with zero attached hydrogens (tertiary/aromatic N) is 1. The van der Waals surface area contributed by atoms with E-state index in [4.69, 9.17) is 0 Å². The Morgan fingerprint density at radius 3 is 3.05 bits per heavy atom. The van der Waals surface area contributed by atoms with Gasteiger partial charge in [0, 0.05) is 22.0 Å².